The van der Waals surface area contributed by atoms with Crippen LogP contribution < -0.4 is 11.4 Å². The molecule has 0 saturated carbocycles. The van der Waals surface area contributed by atoms with Gasteiger partial charge in [0.05, 0.1) is 5.69 Å². The number of aromatic amines is 1. The Morgan fingerprint density at radius 2 is 2.40 bits per heavy atom. The zero-order valence-electron chi connectivity index (χ0n) is 8.92. The highest BCUT2D eigenvalue weighted by Crippen LogP contribution is 2.16. The van der Waals surface area contributed by atoms with Crippen molar-refractivity contribution < 1.29 is 0 Å². The highest BCUT2D eigenvalue weighted by atomic mass is 16.1. The Hall–Kier alpha value is -1.20. The van der Waals surface area contributed by atoms with Crippen molar-refractivity contribution in [1.82, 2.24) is 14.9 Å². The molecule has 0 saturated heterocycles. The zero-order valence-corrected chi connectivity index (χ0v) is 8.92. The molecule has 0 radical (unpaired) electrons. The predicted octanol–water partition coefficient (Wildman–Crippen LogP) is -0.741. The lowest BCUT2D eigenvalue weighted by molar-refractivity contribution is 0.305. The van der Waals surface area contributed by atoms with Crippen LogP contribution in [-0.2, 0) is 19.4 Å². The average Bonchev–Trinajstić information content (AvgIpc) is 2.17. The molecule has 2 rings (SSSR count). The Morgan fingerprint density at radius 3 is 3.13 bits per heavy atom. The molecule has 0 unspecified atom stereocenters. The molecule has 82 valence electrons. The smallest absolute Gasteiger partial charge is 0.330 e. The molecule has 5 heteroatoms. The minimum Gasteiger partial charge on any atom is -0.330 e. The van der Waals surface area contributed by atoms with Gasteiger partial charge in [-0.05, 0) is 25.6 Å². The van der Waals surface area contributed by atoms with Gasteiger partial charge in [0, 0.05) is 25.2 Å². The molecular weight excluding hydrogens is 192 g/mol. The lowest BCUT2D eigenvalue weighted by Gasteiger charge is -2.25. The maximum absolute atomic E-state index is 11.3. The fourth-order valence-electron chi connectivity index (χ4n) is 2.02. The summed E-state index contributed by atoms with van der Waals surface area (Å²) in [4.78, 5) is 20.3. The average molecular weight is 208 g/mol. The second-order valence-electron chi connectivity index (χ2n) is 3.97. The SMILES string of the molecule is CN1CCc2c(CCN)nc(=O)[nH]c2C1. The molecule has 0 atom stereocenters. The first kappa shape index (κ1) is 10.3. The summed E-state index contributed by atoms with van der Waals surface area (Å²) in [5, 5.41) is 0. The van der Waals surface area contributed by atoms with Gasteiger partial charge in [-0.15, -0.1) is 0 Å². The maximum atomic E-state index is 11.3. The standard InChI is InChI=1S/C10H16N4O/c1-14-5-3-7-8(2-4-11)12-10(15)13-9(7)6-14/h2-6,11H2,1H3,(H,12,13,15). The second-order valence-corrected chi connectivity index (χ2v) is 3.97. The third-order valence-electron chi connectivity index (χ3n) is 2.76. The summed E-state index contributed by atoms with van der Waals surface area (Å²) in [5.41, 5.74) is 8.33. The van der Waals surface area contributed by atoms with Crippen LogP contribution in [0.2, 0.25) is 0 Å². The number of nitrogens with one attached hydrogen (secondary N) is 1. The lowest BCUT2D eigenvalue weighted by Crippen LogP contribution is -2.32. The molecule has 1 aliphatic rings. The number of H-pyrrole nitrogens is 1. The van der Waals surface area contributed by atoms with Crippen LogP contribution in [0.5, 0.6) is 0 Å². The van der Waals surface area contributed by atoms with Crippen LogP contribution in [0, 0.1) is 0 Å². The van der Waals surface area contributed by atoms with E-state index in [1.165, 1.54) is 5.56 Å². The number of rotatable bonds is 2. The van der Waals surface area contributed by atoms with E-state index in [0.29, 0.717) is 13.0 Å². The second kappa shape index (κ2) is 4.12. The van der Waals surface area contributed by atoms with E-state index < -0.39 is 0 Å². The quantitative estimate of drug-likeness (QED) is 0.671. The van der Waals surface area contributed by atoms with Crippen LogP contribution in [0.1, 0.15) is 17.0 Å². The van der Waals surface area contributed by atoms with Crippen molar-refractivity contribution in [3.8, 4) is 0 Å². The molecule has 1 aliphatic heterocycles. The molecule has 0 fully saturated rings. The Morgan fingerprint density at radius 1 is 1.60 bits per heavy atom. The lowest BCUT2D eigenvalue weighted by atomic mass is 10.0. The molecule has 0 aliphatic carbocycles. The van der Waals surface area contributed by atoms with E-state index in [2.05, 4.69) is 14.9 Å². The van der Waals surface area contributed by atoms with Crippen molar-refractivity contribution in [3.63, 3.8) is 0 Å². The van der Waals surface area contributed by atoms with Gasteiger partial charge < -0.3 is 15.6 Å². The van der Waals surface area contributed by atoms with Crippen molar-refractivity contribution in [3.05, 3.63) is 27.4 Å². The largest absolute Gasteiger partial charge is 0.345 e. The molecule has 1 aromatic heterocycles. The van der Waals surface area contributed by atoms with Crippen molar-refractivity contribution in [2.75, 3.05) is 20.1 Å². The molecule has 0 amide bonds. The first-order valence-corrected chi connectivity index (χ1v) is 5.20. The van der Waals surface area contributed by atoms with E-state index in [1.54, 1.807) is 0 Å². The number of hydrogen-bond acceptors (Lipinski definition) is 4. The zero-order chi connectivity index (χ0) is 10.8. The summed E-state index contributed by atoms with van der Waals surface area (Å²) in [6.45, 7) is 2.35. The van der Waals surface area contributed by atoms with Gasteiger partial charge in [-0.3, -0.25) is 0 Å². The van der Waals surface area contributed by atoms with Crippen LogP contribution in [0.15, 0.2) is 4.79 Å². The van der Waals surface area contributed by atoms with E-state index in [0.717, 1.165) is 30.9 Å². The Labute approximate surface area is 88.3 Å². The molecule has 0 bridgehead atoms. The highest BCUT2D eigenvalue weighted by Gasteiger charge is 2.18. The van der Waals surface area contributed by atoms with E-state index >= 15 is 0 Å². The van der Waals surface area contributed by atoms with E-state index in [4.69, 9.17) is 5.73 Å². The molecule has 5 nitrogen and oxygen atoms in total. The topological polar surface area (TPSA) is 75.0 Å². The molecule has 1 aromatic rings. The molecule has 3 N–H and O–H groups in total. The predicted molar refractivity (Wildman–Crippen MR) is 57.7 cm³/mol. The van der Waals surface area contributed by atoms with Gasteiger partial charge in [-0.1, -0.05) is 0 Å². The molecule has 0 aromatic carbocycles. The first-order valence-electron chi connectivity index (χ1n) is 5.20. The van der Waals surface area contributed by atoms with Gasteiger partial charge in [-0.2, -0.15) is 4.98 Å². The number of likely N-dealkylation sites (N-methyl/N-ethyl adjacent to an activating group) is 1. The van der Waals surface area contributed by atoms with Gasteiger partial charge in [0.2, 0.25) is 0 Å². The Balaban J connectivity index is 2.44. The maximum Gasteiger partial charge on any atom is 0.345 e. The van der Waals surface area contributed by atoms with Gasteiger partial charge in [0.1, 0.15) is 0 Å². The summed E-state index contributed by atoms with van der Waals surface area (Å²) in [6, 6.07) is 0. The van der Waals surface area contributed by atoms with Crippen LogP contribution in [0.4, 0.5) is 0 Å². The van der Waals surface area contributed by atoms with Gasteiger partial charge >= 0.3 is 5.69 Å². The summed E-state index contributed by atoms with van der Waals surface area (Å²) in [6.07, 6.45) is 1.64. The molecule has 2 heterocycles. The summed E-state index contributed by atoms with van der Waals surface area (Å²) in [5.74, 6) is 0. The summed E-state index contributed by atoms with van der Waals surface area (Å²) >= 11 is 0. The molecule has 0 spiro atoms. The van der Waals surface area contributed by atoms with Gasteiger partial charge in [-0.25, -0.2) is 4.79 Å². The van der Waals surface area contributed by atoms with Crippen LogP contribution in [0.3, 0.4) is 0 Å². The van der Waals surface area contributed by atoms with E-state index in [1.807, 2.05) is 7.05 Å². The van der Waals surface area contributed by atoms with Crippen molar-refractivity contribution in [2.45, 2.75) is 19.4 Å². The number of nitrogens with two attached hydrogens (primary N) is 1. The van der Waals surface area contributed by atoms with Crippen molar-refractivity contribution >= 4 is 0 Å². The van der Waals surface area contributed by atoms with Crippen molar-refractivity contribution in [2.24, 2.45) is 5.73 Å². The highest BCUT2D eigenvalue weighted by molar-refractivity contribution is 5.27. The number of fused-ring (bicyclic) bond motifs is 1. The summed E-state index contributed by atoms with van der Waals surface area (Å²) in [7, 11) is 2.05. The Bertz CT molecular complexity index is 392. The molecular formula is C10H16N4O. The number of aromatic nitrogens is 2. The normalized spacial score (nSPS) is 16.4. The van der Waals surface area contributed by atoms with Crippen LogP contribution in [-0.4, -0.2) is 35.0 Å². The molecule has 15 heavy (non-hydrogen) atoms. The monoisotopic (exact) mass is 208 g/mol. The fourth-order valence-corrected chi connectivity index (χ4v) is 2.02. The van der Waals surface area contributed by atoms with E-state index in [9.17, 15) is 4.79 Å². The fraction of sp³-hybridized carbons (Fsp3) is 0.600. The minimum absolute atomic E-state index is 0.257. The Kier molecular flexibility index (Phi) is 2.83. The van der Waals surface area contributed by atoms with Crippen LogP contribution in [0.25, 0.3) is 0 Å². The van der Waals surface area contributed by atoms with Gasteiger partial charge in [0.25, 0.3) is 0 Å². The van der Waals surface area contributed by atoms with Crippen LogP contribution >= 0.6 is 0 Å². The number of hydrogen-bond donors (Lipinski definition) is 2. The third-order valence-corrected chi connectivity index (χ3v) is 2.76. The summed E-state index contributed by atoms with van der Waals surface area (Å²) < 4.78 is 0. The number of nitrogens with zero attached hydrogens (tertiary/aromatic N) is 2. The minimum atomic E-state index is -0.257. The first-order chi connectivity index (χ1) is 7.20. The van der Waals surface area contributed by atoms with Gasteiger partial charge in [0.15, 0.2) is 0 Å². The third kappa shape index (κ3) is 2.08. The van der Waals surface area contributed by atoms with E-state index in [-0.39, 0.29) is 5.69 Å². The van der Waals surface area contributed by atoms with Crippen molar-refractivity contribution in [1.29, 1.82) is 0 Å².